The number of amides is 2. The van der Waals surface area contributed by atoms with Crippen LogP contribution in [0.4, 0.5) is 9.18 Å². The molecule has 0 spiro atoms. The monoisotopic (exact) mass is 318 g/mol. The molecule has 5 heteroatoms. The van der Waals surface area contributed by atoms with E-state index in [1.54, 1.807) is 30.5 Å². The lowest BCUT2D eigenvalue weighted by Gasteiger charge is -2.05. The number of carbonyl (C=O) groups is 1. The van der Waals surface area contributed by atoms with Crippen molar-refractivity contribution >= 4 is 23.7 Å². The van der Waals surface area contributed by atoms with Gasteiger partial charge in [-0.25, -0.2) is 9.18 Å². The first-order valence-corrected chi connectivity index (χ1v) is 7.22. The minimum absolute atomic E-state index is 0.272. The normalized spacial score (nSPS) is 10.6. The first-order chi connectivity index (χ1) is 10.6. The lowest BCUT2D eigenvalue weighted by molar-refractivity contribution is 0.244. The van der Waals surface area contributed by atoms with E-state index in [-0.39, 0.29) is 11.8 Å². The molecule has 0 aliphatic heterocycles. The van der Waals surface area contributed by atoms with Crippen LogP contribution in [-0.2, 0) is 6.42 Å². The molecule has 22 heavy (non-hydrogen) atoms. The average molecular weight is 319 g/mol. The van der Waals surface area contributed by atoms with E-state index in [2.05, 4.69) is 10.6 Å². The fourth-order valence-electron chi connectivity index (χ4n) is 1.89. The SMILES string of the molecule is O=C(N/C=C/c1cccc(Cl)c1)NCCc1cccc(F)c1. The molecule has 0 heterocycles. The summed E-state index contributed by atoms with van der Waals surface area (Å²) in [6, 6.07) is 13.3. The van der Waals surface area contributed by atoms with E-state index < -0.39 is 0 Å². The van der Waals surface area contributed by atoms with Crippen LogP contribution in [0.2, 0.25) is 5.02 Å². The van der Waals surface area contributed by atoms with Crippen molar-refractivity contribution in [3.8, 4) is 0 Å². The minimum Gasteiger partial charge on any atom is -0.338 e. The second kappa shape index (κ2) is 8.20. The van der Waals surface area contributed by atoms with Gasteiger partial charge in [0.15, 0.2) is 0 Å². The van der Waals surface area contributed by atoms with Gasteiger partial charge in [0.25, 0.3) is 0 Å². The third-order valence-electron chi connectivity index (χ3n) is 2.93. The zero-order valence-corrected chi connectivity index (χ0v) is 12.6. The molecule has 0 radical (unpaired) electrons. The summed E-state index contributed by atoms with van der Waals surface area (Å²) in [5.74, 6) is -0.272. The highest BCUT2D eigenvalue weighted by molar-refractivity contribution is 6.30. The predicted octanol–water partition coefficient (Wildman–Crippen LogP) is 3.99. The average Bonchev–Trinajstić information content (AvgIpc) is 2.47. The molecule has 3 nitrogen and oxygen atoms in total. The lowest BCUT2D eigenvalue weighted by atomic mass is 10.1. The van der Waals surface area contributed by atoms with Gasteiger partial charge in [-0.15, -0.1) is 0 Å². The third-order valence-corrected chi connectivity index (χ3v) is 3.16. The summed E-state index contributed by atoms with van der Waals surface area (Å²) in [6.07, 6.45) is 3.87. The first-order valence-electron chi connectivity index (χ1n) is 6.84. The molecule has 0 aliphatic rings. The van der Waals surface area contributed by atoms with Crippen LogP contribution in [0.1, 0.15) is 11.1 Å². The van der Waals surface area contributed by atoms with E-state index >= 15 is 0 Å². The molecule has 2 aromatic rings. The Balaban J connectivity index is 1.72. The zero-order valence-electron chi connectivity index (χ0n) is 11.9. The summed E-state index contributed by atoms with van der Waals surface area (Å²) < 4.78 is 13.0. The van der Waals surface area contributed by atoms with Crippen molar-refractivity contribution in [2.45, 2.75) is 6.42 Å². The Morgan fingerprint density at radius 1 is 1.18 bits per heavy atom. The molecule has 0 saturated carbocycles. The van der Waals surface area contributed by atoms with E-state index in [9.17, 15) is 9.18 Å². The maximum absolute atomic E-state index is 13.0. The van der Waals surface area contributed by atoms with Gasteiger partial charge in [-0.1, -0.05) is 35.9 Å². The molecule has 2 aromatic carbocycles. The molecular formula is C17H16ClFN2O. The predicted molar refractivity (Wildman–Crippen MR) is 87.1 cm³/mol. The molecule has 0 atom stereocenters. The standard InChI is InChI=1S/C17H16ClFN2O/c18-15-5-1-3-13(11-15)7-9-20-17(22)21-10-8-14-4-2-6-16(19)12-14/h1-7,9,11-12H,8,10H2,(H2,20,21,22)/b9-7+. The van der Waals surface area contributed by atoms with E-state index in [4.69, 9.17) is 11.6 Å². The van der Waals surface area contributed by atoms with Crippen molar-refractivity contribution in [3.05, 3.63) is 76.7 Å². The van der Waals surface area contributed by atoms with Crippen LogP contribution in [0.5, 0.6) is 0 Å². The number of halogens is 2. The van der Waals surface area contributed by atoms with E-state index in [1.807, 2.05) is 18.2 Å². The van der Waals surface area contributed by atoms with Gasteiger partial charge in [0.05, 0.1) is 0 Å². The fourth-order valence-corrected chi connectivity index (χ4v) is 2.09. The lowest BCUT2D eigenvalue weighted by Crippen LogP contribution is -2.33. The quantitative estimate of drug-likeness (QED) is 0.860. The fraction of sp³-hybridized carbons (Fsp3) is 0.118. The van der Waals surface area contributed by atoms with Crippen LogP contribution >= 0.6 is 11.6 Å². The number of benzene rings is 2. The Hall–Kier alpha value is -2.33. The summed E-state index contributed by atoms with van der Waals surface area (Å²) >= 11 is 5.86. The molecular weight excluding hydrogens is 303 g/mol. The molecule has 114 valence electrons. The van der Waals surface area contributed by atoms with Gasteiger partial charge in [0, 0.05) is 17.8 Å². The van der Waals surface area contributed by atoms with Crippen LogP contribution in [0.15, 0.2) is 54.7 Å². The zero-order chi connectivity index (χ0) is 15.8. The van der Waals surface area contributed by atoms with Crippen molar-refractivity contribution in [2.75, 3.05) is 6.54 Å². The summed E-state index contributed by atoms with van der Waals surface area (Å²) in [5.41, 5.74) is 1.74. The Bertz CT molecular complexity index is 673. The Labute approximate surface area is 133 Å². The molecule has 0 unspecified atom stereocenters. The van der Waals surface area contributed by atoms with Crippen LogP contribution in [-0.4, -0.2) is 12.6 Å². The molecule has 0 fully saturated rings. The van der Waals surface area contributed by atoms with Crippen LogP contribution in [0.25, 0.3) is 6.08 Å². The molecule has 0 aliphatic carbocycles. The maximum atomic E-state index is 13.0. The maximum Gasteiger partial charge on any atom is 0.318 e. The molecule has 0 saturated heterocycles. The van der Waals surface area contributed by atoms with E-state index in [1.165, 1.54) is 12.1 Å². The molecule has 0 aromatic heterocycles. The Morgan fingerprint density at radius 2 is 2.00 bits per heavy atom. The highest BCUT2D eigenvalue weighted by Gasteiger charge is 1.98. The smallest absolute Gasteiger partial charge is 0.318 e. The van der Waals surface area contributed by atoms with E-state index in [0.717, 1.165) is 11.1 Å². The van der Waals surface area contributed by atoms with Crippen molar-refractivity contribution in [2.24, 2.45) is 0 Å². The number of hydrogen-bond acceptors (Lipinski definition) is 1. The Morgan fingerprint density at radius 3 is 2.77 bits per heavy atom. The van der Waals surface area contributed by atoms with Crippen molar-refractivity contribution in [1.29, 1.82) is 0 Å². The van der Waals surface area contributed by atoms with Crippen molar-refractivity contribution < 1.29 is 9.18 Å². The van der Waals surface area contributed by atoms with Crippen molar-refractivity contribution in [1.82, 2.24) is 10.6 Å². The topological polar surface area (TPSA) is 41.1 Å². The number of carbonyl (C=O) groups excluding carboxylic acids is 1. The molecule has 2 amide bonds. The van der Waals surface area contributed by atoms with Gasteiger partial charge < -0.3 is 10.6 Å². The highest BCUT2D eigenvalue weighted by atomic mass is 35.5. The third kappa shape index (κ3) is 5.58. The largest absolute Gasteiger partial charge is 0.338 e. The number of hydrogen-bond donors (Lipinski definition) is 2. The van der Waals surface area contributed by atoms with Gasteiger partial charge in [-0.3, -0.25) is 0 Å². The highest BCUT2D eigenvalue weighted by Crippen LogP contribution is 2.11. The van der Waals surface area contributed by atoms with Gasteiger partial charge in [0.1, 0.15) is 5.82 Å². The van der Waals surface area contributed by atoms with E-state index in [0.29, 0.717) is 18.0 Å². The van der Waals surface area contributed by atoms with Gasteiger partial charge >= 0.3 is 6.03 Å². The molecule has 2 rings (SSSR count). The summed E-state index contributed by atoms with van der Waals surface area (Å²) in [7, 11) is 0. The van der Waals surface area contributed by atoms with Crippen LogP contribution in [0.3, 0.4) is 0 Å². The van der Waals surface area contributed by atoms with Gasteiger partial charge in [0.2, 0.25) is 0 Å². The number of urea groups is 1. The molecule has 2 N–H and O–H groups in total. The van der Waals surface area contributed by atoms with Gasteiger partial charge in [-0.05, 0) is 47.9 Å². The Kier molecular flexibility index (Phi) is 5.98. The molecule has 0 bridgehead atoms. The van der Waals surface area contributed by atoms with Crippen molar-refractivity contribution in [3.63, 3.8) is 0 Å². The van der Waals surface area contributed by atoms with Gasteiger partial charge in [-0.2, -0.15) is 0 Å². The summed E-state index contributed by atoms with van der Waals surface area (Å²) in [4.78, 5) is 11.6. The summed E-state index contributed by atoms with van der Waals surface area (Å²) in [6.45, 7) is 0.431. The minimum atomic E-state index is -0.310. The number of nitrogens with one attached hydrogen (secondary N) is 2. The second-order valence-corrected chi connectivity index (χ2v) is 5.10. The number of rotatable bonds is 5. The second-order valence-electron chi connectivity index (χ2n) is 4.67. The van der Waals surface area contributed by atoms with Crippen LogP contribution in [0, 0.1) is 5.82 Å². The van der Waals surface area contributed by atoms with Crippen LogP contribution < -0.4 is 10.6 Å². The first kappa shape index (κ1) is 16.0. The summed E-state index contributed by atoms with van der Waals surface area (Å²) in [5, 5.41) is 5.94.